The maximum absolute atomic E-state index is 12.7. The maximum atomic E-state index is 12.7. The fraction of sp³-hybridized carbons (Fsp3) is 0.0588. The molecule has 2 aromatic carbocycles. The lowest BCUT2D eigenvalue weighted by Crippen LogP contribution is -2.12. The summed E-state index contributed by atoms with van der Waals surface area (Å²) in [7, 11) is -3.92. The predicted octanol–water partition coefficient (Wildman–Crippen LogP) is 3.79. The minimum Gasteiger partial charge on any atom is -0.225 e. The molecule has 2 N–H and O–H groups in total. The number of aromatic nitrogens is 3. The summed E-state index contributed by atoms with van der Waals surface area (Å²) >= 11 is 0.859. The number of hydrogen-bond acceptors (Lipinski definition) is 5. The van der Waals surface area contributed by atoms with Gasteiger partial charge in [-0.15, -0.1) is 5.10 Å². The van der Waals surface area contributed by atoms with Crippen LogP contribution in [0.1, 0.15) is 5.56 Å². The highest BCUT2D eigenvalue weighted by Crippen LogP contribution is 2.32. The molecule has 4 aromatic rings. The molecule has 6 nitrogen and oxygen atoms in total. The molecule has 0 aliphatic carbocycles. The second-order valence-electron chi connectivity index (χ2n) is 5.90. The number of rotatable bonds is 3. The van der Waals surface area contributed by atoms with Crippen molar-refractivity contribution in [1.82, 2.24) is 14.6 Å². The van der Waals surface area contributed by atoms with Gasteiger partial charge in [-0.1, -0.05) is 47.7 Å². The minimum absolute atomic E-state index is 0.238. The number of hydrogen-bond donors (Lipinski definition) is 1. The molecule has 0 bridgehead atoms. The molecule has 0 amide bonds. The topological polar surface area (TPSA) is 90.4 Å². The molecule has 144 valence electrons. The van der Waals surface area contributed by atoms with Gasteiger partial charge >= 0.3 is 6.18 Å². The summed E-state index contributed by atoms with van der Waals surface area (Å²) in [5.41, 5.74) is 1.96. The first kappa shape index (κ1) is 18.6. The smallest absolute Gasteiger partial charge is 0.225 e. The Hall–Kier alpha value is -2.76. The lowest BCUT2D eigenvalue weighted by atomic mass is 10.0. The fourth-order valence-electron chi connectivity index (χ4n) is 2.67. The van der Waals surface area contributed by atoms with E-state index in [0.29, 0.717) is 16.2 Å². The Morgan fingerprint density at radius 1 is 0.929 bits per heavy atom. The van der Waals surface area contributed by atoms with Gasteiger partial charge in [0.15, 0.2) is 0 Å². The third-order valence-corrected chi connectivity index (χ3v) is 6.27. The van der Waals surface area contributed by atoms with Crippen molar-refractivity contribution in [2.45, 2.75) is 10.5 Å². The van der Waals surface area contributed by atoms with Crippen molar-refractivity contribution >= 4 is 26.3 Å². The van der Waals surface area contributed by atoms with E-state index >= 15 is 0 Å². The fourth-order valence-corrected chi connectivity index (χ4v) is 4.17. The molecule has 0 fully saturated rings. The lowest BCUT2D eigenvalue weighted by molar-refractivity contribution is -0.137. The van der Waals surface area contributed by atoms with Gasteiger partial charge < -0.3 is 0 Å². The molecule has 0 radical (unpaired) electrons. The van der Waals surface area contributed by atoms with Crippen molar-refractivity contribution in [2.75, 3.05) is 0 Å². The van der Waals surface area contributed by atoms with Crippen LogP contribution in [0.25, 0.3) is 27.3 Å². The molecule has 0 saturated heterocycles. The lowest BCUT2D eigenvalue weighted by Gasteiger charge is -2.08. The summed E-state index contributed by atoms with van der Waals surface area (Å²) < 4.78 is 62.1. The van der Waals surface area contributed by atoms with E-state index < -0.39 is 21.8 Å². The number of benzene rings is 2. The first-order valence-electron chi connectivity index (χ1n) is 7.78. The molecule has 0 spiro atoms. The summed E-state index contributed by atoms with van der Waals surface area (Å²) in [6.45, 7) is 0. The zero-order valence-corrected chi connectivity index (χ0v) is 15.5. The van der Waals surface area contributed by atoms with Crippen LogP contribution in [-0.2, 0) is 16.2 Å². The normalized spacial score (nSPS) is 12.6. The molecule has 2 heterocycles. The van der Waals surface area contributed by atoms with Crippen LogP contribution in [0.15, 0.2) is 59.1 Å². The van der Waals surface area contributed by atoms with Crippen LogP contribution in [0.3, 0.4) is 0 Å². The Bertz CT molecular complexity index is 1260. The standard InChI is InChI=1S/C17H11F3N4O2S2/c18-17(19,20)13-7-5-11(6-8-13)10-1-3-12(4-2-10)14-9-22-15-24(14)23-16(27-15)28(21,25)26/h1-9H,(H2,21,25,26). The molecule has 0 saturated carbocycles. The largest absolute Gasteiger partial charge is 0.416 e. The van der Waals surface area contributed by atoms with Gasteiger partial charge in [-0.05, 0) is 23.3 Å². The second kappa shape index (κ2) is 6.40. The average molecular weight is 424 g/mol. The van der Waals surface area contributed by atoms with E-state index in [1.807, 2.05) is 0 Å². The van der Waals surface area contributed by atoms with E-state index in [9.17, 15) is 21.6 Å². The number of primary sulfonamides is 1. The van der Waals surface area contributed by atoms with Crippen LogP contribution in [0.5, 0.6) is 0 Å². The van der Waals surface area contributed by atoms with Crippen LogP contribution in [-0.4, -0.2) is 23.0 Å². The molecule has 11 heteroatoms. The summed E-state index contributed by atoms with van der Waals surface area (Å²) in [5.74, 6) is 0. The van der Waals surface area contributed by atoms with Crippen LogP contribution >= 0.6 is 11.3 Å². The van der Waals surface area contributed by atoms with Crippen LogP contribution < -0.4 is 5.14 Å². The Kier molecular flexibility index (Phi) is 4.25. The summed E-state index contributed by atoms with van der Waals surface area (Å²) in [4.78, 5) is 4.52. The van der Waals surface area contributed by atoms with Gasteiger partial charge in [-0.3, -0.25) is 0 Å². The molecular weight excluding hydrogens is 413 g/mol. The van der Waals surface area contributed by atoms with Crippen molar-refractivity contribution in [3.63, 3.8) is 0 Å². The Labute approximate surface area is 161 Å². The summed E-state index contributed by atoms with van der Waals surface area (Å²) in [6, 6.07) is 11.9. The van der Waals surface area contributed by atoms with Gasteiger partial charge in [0.25, 0.3) is 10.0 Å². The molecule has 0 atom stereocenters. The van der Waals surface area contributed by atoms with Gasteiger partial charge in [0.2, 0.25) is 9.30 Å². The van der Waals surface area contributed by atoms with Crippen molar-refractivity contribution in [2.24, 2.45) is 5.14 Å². The van der Waals surface area contributed by atoms with E-state index in [0.717, 1.165) is 34.6 Å². The van der Waals surface area contributed by atoms with Gasteiger partial charge in [-0.25, -0.2) is 23.1 Å². The van der Waals surface area contributed by atoms with E-state index in [2.05, 4.69) is 10.1 Å². The van der Waals surface area contributed by atoms with E-state index in [1.54, 1.807) is 30.5 Å². The second-order valence-corrected chi connectivity index (χ2v) is 8.59. The maximum Gasteiger partial charge on any atom is 0.416 e. The van der Waals surface area contributed by atoms with Crippen molar-refractivity contribution in [3.8, 4) is 22.4 Å². The zero-order valence-electron chi connectivity index (χ0n) is 13.9. The monoisotopic (exact) mass is 424 g/mol. The van der Waals surface area contributed by atoms with Crippen LogP contribution in [0.2, 0.25) is 0 Å². The molecule has 2 aromatic heterocycles. The van der Waals surface area contributed by atoms with E-state index in [-0.39, 0.29) is 4.34 Å². The van der Waals surface area contributed by atoms with Crippen molar-refractivity contribution in [1.29, 1.82) is 0 Å². The highest BCUT2D eigenvalue weighted by atomic mass is 32.2. The Morgan fingerprint density at radius 2 is 1.46 bits per heavy atom. The van der Waals surface area contributed by atoms with Crippen molar-refractivity contribution < 1.29 is 21.6 Å². The summed E-state index contributed by atoms with van der Waals surface area (Å²) in [5, 5.41) is 9.09. The van der Waals surface area contributed by atoms with Crippen LogP contribution in [0.4, 0.5) is 13.2 Å². The van der Waals surface area contributed by atoms with Gasteiger partial charge in [0, 0.05) is 5.56 Å². The molecule has 0 unspecified atom stereocenters. The first-order chi connectivity index (χ1) is 13.1. The number of imidazole rings is 1. The van der Waals surface area contributed by atoms with Gasteiger partial charge in [-0.2, -0.15) is 13.2 Å². The highest BCUT2D eigenvalue weighted by Gasteiger charge is 2.30. The molecule has 0 aliphatic rings. The molecule has 0 aliphatic heterocycles. The number of fused-ring (bicyclic) bond motifs is 1. The minimum atomic E-state index is -4.38. The molecular formula is C17H11F3N4O2S2. The Morgan fingerprint density at radius 3 is 2.00 bits per heavy atom. The van der Waals surface area contributed by atoms with Gasteiger partial charge in [0.05, 0.1) is 17.5 Å². The predicted molar refractivity (Wildman–Crippen MR) is 98.1 cm³/mol. The first-order valence-corrected chi connectivity index (χ1v) is 10.1. The number of nitrogens with zero attached hydrogens (tertiary/aromatic N) is 3. The van der Waals surface area contributed by atoms with Crippen molar-refractivity contribution in [3.05, 3.63) is 60.3 Å². The number of sulfonamides is 1. The summed E-state index contributed by atoms with van der Waals surface area (Å²) in [6.07, 6.45) is -2.82. The third kappa shape index (κ3) is 3.39. The third-order valence-electron chi connectivity index (χ3n) is 4.04. The number of alkyl halides is 3. The number of halogens is 3. The van der Waals surface area contributed by atoms with Crippen LogP contribution in [0, 0.1) is 0 Å². The quantitative estimate of drug-likeness (QED) is 0.542. The van der Waals surface area contributed by atoms with E-state index in [4.69, 9.17) is 5.14 Å². The average Bonchev–Trinajstić information content (AvgIpc) is 3.22. The molecule has 28 heavy (non-hydrogen) atoms. The van der Waals surface area contributed by atoms with E-state index in [1.165, 1.54) is 16.6 Å². The zero-order chi connectivity index (χ0) is 20.1. The Balaban J connectivity index is 1.67. The van der Waals surface area contributed by atoms with Gasteiger partial charge in [0.1, 0.15) is 0 Å². The SMILES string of the molecule is NS(=O)(=O)c1nn2c(-c3ccc(-c4ccc(C(F)(F)F)cc4)cc3)cnc2s1. The molecule has 4 rings (SSSR count). The number of nitrogens with two attached hydrogens (primary N) is 1. The highest BCUT2D eigenvalue weighted by molar-refractivity contribution is 7.91.